The Morgan fingerprint density at radius 1 is 1.59 bits per heavy atom. The zero-order valence-electron chi connectivity index (χ0n) is 8.79. The monoisotopic (exact) mass is 247 g/mol. The van der Waals surface area contributed by atoms with E-state index in [1.165, 1.54) is 6.26 Å². The highest BCUT2D eigenvalue weighted by Gasteiger charge is 2.09. The van der Waals surface area contributed by atoms with Crippen LogP contribution in [-0.2, 0) is 6.54 Å². The number of amides is 1. The Bertz CT molecular complexity index is 639. The average Bonchev–Trinajstić information content (AvgIpc) is 3.03. The van der Waals surface area contributed by atoms with Gasteiger partial charge in [0.2, 0.25) is 0 Å². The fraction of sp³-hybridized carbons (Fsp3) is 0.0909. The molecule has 0 radical (unpaired) electrons. The molecule has 3 aromatic rings. The van der Waals surface area contributed by atoms with Crippen LogP contribution in [0.4, 0.5) is 0 Å². The lowest BCUT2D eigenvalue weighted by Gasteiger charge is -2.01. The molecule has 0 saturated carbocycles. The molecule has 0 spiro atoms. The van der Waals surface area contributed by atoms with Crippen LogP contribution in [0.5, 0.6) is 0 Å². The summed E-state index contributed by atoms with van der Waals surface area (Å²) in [5, 5.41) is 4.77. The second-order valence-electron chi connectivity index (χ2n) is 3.47. The van der Waals surface area contributed by atoms with Gasteiger partial charge in [0, 0.05) is 17.8 Å². The van der Waals surface area contributed by atoms with Crippen molar-refractivity contribution in [3.8, 4) is 0 Å². The summed E-state index contributed by atoms with van der Waals surface area (Å²) in [4.78, 5) is 16.7. The normalized spacial score (nSPS) is 10.8. The molecular formula is C11H9N3O2S. The molecule has 1 amide bonds. The fourth-order valence-corrected chi connectivity index (χ4v) is 2.42. The van der Waals surface area contributed by atoms with Crippen molar-refractivity contribution in [2.45, 2.75) is 6.54 Å². The number of carbonyl (C=O) groups excluding carboxylic acids is 1. The number of rotatable bonds is 3. The standard InChI is InChI=1S/C11H9N3O2S/c15-10(9-2-1-5-16-9)13-6-8-7-17-11-12-3-4-14(8)11/h1-5,7H,6H2,(H,13,15). The molecule has 5 nitrogen and oxygen atoms in total. The summed E-state index contributed by atoms with van der Waals surface area (Å²) in [6.45, 7) is 0.454. The number of imidazole rings is 1. The van der Waals surface area contributed by atoms with Gasteiger partial charge in [-0.05, 0) is 12.1 Å². The molecule has 17 heavy (non-hydrogen) atoms. The molecule has 86 valence electrons. The third kappa shape index (κ3) is 1.83. The van der Waals surface area contributed by atoms with E-state index in [1.807, 2.05) is 16.0 Å². The molecule has 0 saturated heterocycles. The third-order valence-corrected chi connectivity index (χ3v) is 3.29. The minimum atomic E-state index is -0.213. The number of hydrogen-bond acceptors (Lipinski definition) is 4. The van der Waals surface area contributed by atoms with Crippen molar-refractivity contribution in [3.63, 3.8) is 0 Å². The van der Waals surface area contributed by atoms with E-state index in [-0.39, 0.29) is 5.91 Å². The molecule has 0 bridgehead atoms. The summed E-state index contributed by atoms with van der Waals surface area (Å²) in [7, 11) is 0. The Balaban J connectivity index is 1.73. The van der Waals surface area contributed by atoms with Gasteiger partial charge in [-0.15, -0.1) is 11.3 Å². The van der Waals surface area contributed by atoms with Gasteiger partial charge in [-0.3, -0.25) is 9.20 Å². The van der Waals surface area contributed by atoms with Crippen LogP contribution in [0.2, 0.25) is 0 Å². The molecular weight excluding hydrogens is 238 g/mol. The van der Waals surface area contributed by atoms with Crippen molar-refractivity contribution in [3.05, 3.63) is 47.6 Å². The van der Waals surface area contributed by atoms with Crippen molar-refractivity contribution in [1.82, 2.24) is 14.7 Å². The van der Waals surface area contributed by atoms with Gasteiger partial charge in [0.1, 0.15) is 0 Å². The van der Waals surface area contributed by atoms with Crippen molar-refractivity contribution in [2.75, 3.05) is 0 Å². The molecule has 0 fully saturated rings. The first kappa shape index (κ1) is 10.1. The minimum absolute atomic E-state index is 0.213. The van der Waals surface area contributed by atoms with Gasteiger partial charge in [0.25, 0.3) is 5.91 Å². The Morgan fingerprint density at radius 3 is 3.35 bits per heavy atom. The number of carbonyl (C=O) groups is 1. The molecule has 0 aliphatic heterocycles. The van der Waals surface area contributed by atoms with Crippen LogP contribution in [0.25, 0.3) is 4.96 Å². The molecule has 0 aliphatic rings. The molecule has 0 aromatic carbocycles. The Kier molecular flexibility index (Phi) is 2.41. The number of fused-ring (bicyclic) bond motifs is 1. The highest BCUT2D eigenvalue weighted by Crippen LogP contribution is 2.14. The summed E-state index contributed by atoms with van der Waals surface area (Å²) >= 11 is 1.55. The van der Waals surface area contributed by atoms with Crippen LogP contribution in [0.3, 0.4) is 0 Å². The van der Waals surface area contributed by atoms with Gasteiger partial charge in [0.15, 0.2) is 10.7 Å². The molecule has 3 aromatic heterocycles. The van der Waals surface area contributed by atoms with Crippen molar-refractivity contribution >= 4 is 22.2 Å². The summed E-state index contributed by atoms with van der Waals surface area (Å²) in [5.41, 5.74) is 1.00. The molecule has 1 N–H and O–H groups in total. The van der Waals surface area contributed by atoms with E-state index in [0.717, 1.165) is 10.7 Å². The van der Waals surface area contributed by atoms with E-state index in [9.17, 15) is 4.79 Å². The molecule has 6 heteroatoms. The number of thiazole rings is 1. The number of hydrogen-bond donors (Lipinski definition) is 1. The second-order valence-corrected chi connectivity index (χ2v) is 4.30. The zero-order chi connectivity index (χ0) is 11.7. The number of nitrogens with one attached hydrogen (secondary N) is 1. The van der Waals surface area contributed by atoms with Crippen LogP contribution in [-0.4, -0.2) is 15.3 Å². The zero-order valence-corrected chi connectivity index (χ0v) is 9.61. The molecule has 0 atom stereocenters. The predicted molar refractivity (Wildman–Crippen MR) is 62.9 cm³/mol. The van der Waals surface area contributed by atoms with E-state index in [4.69, 9.17) is 4.42 Å². The van der Waals surface area contributed by atoms with Gasteiger partial charge < -0.3 is 9.73 Å². The highest BCUT2D eigenvalue weighted by molar-refractivity contribution is 7.15. The molecule has 0 unspecified atom stereocenters. The Hall–Kier alpha value is -2.08. The summed E-state index contributed by atoms with van der Waals surface area (Å²) in [6.07, 6.45) is 5.09. The molecule has 3 heterocycles. The van der Waals surface area contributed by atoms with Crippen molar-refractivity contribution < 1.29 is 9.21 Å². The summed E-state index contributed by atoms with van der Waals surface area (Å²) in [5.74, 6) is 0.108. The van der Waals surface area contributed by atoms with Gasteiger partial charge in [-0.2, -0.15) is 0 Å². The SMILES string of the molecule is O=C(NCc1csc2nccn12)c1ccco1. The first-order chi connectivity index (χ1) is 8.34. The summed E-state index contributed by atoms with van der Waals surface area (Å²) in [6, 6.07) is 3.32. The van der Waals surface area contributed by atoms with E-state index < -0.39 is 0 Å². The first-order valence-electron chi connectivity index (χ1n) is 5.06. The first-order valence-corrected chi connectivity index (χ1v) is 5.94. The summed E-state index contributed by atoms with van der Waals surface area (Å²) < 4.78 is 6.96. The predicted octanol–water partition coefficient (Wildman–Crippen LogP) is 1.92. The van der Waals surface area contributed by atoms with E-state index >= 15 is 0 Å². The number of aromatic nitrogens is 2. The van der Waals surface area contributed by atoms with Crippen LogP contribution < -0.4 is 5.32 Å². The second kappa shape index (κ2) is 4.06. The van der Waals surface area contributed by atoms with Gasteiger partial charge in [0.05, 0.1) is 18.5 Å². The topological polar surface area (TPSA) is 59.5 Å². The average molecular weight is 247 g/mol. The Labute approximate surface area is 101 Å². The number of furan rings is 1. The van der Waals surface area contributed by atoms with Gasteiger partial charge in [-0.25, -0.2) is 4.98 Å². The Morgan fingerprint density at radius 2 is 2.53 bits per heavy atom. The van der Waals surface area contributed by atoms with Crippen LogP contribution >= 0.6 is 11.3 Å². The maximum absolute atomic E-state index is 11.6. The van der Waals surface area contributed by atoms with Crippen LogP contribution in [0.15, 0.2) is 40.6 Å². The van der Waals surface area contributed by atoms with Gasteiger partial charge >= 0.3 is 0 Å². The lowest BCUT2D eigenvalue weighted by atomic mass is 10.4. The molecule has 3 rings (SSSR count). The minimum Gasteiger partial charge on any atom is -0.459 e. The third-order valence-electron chi connectivity index (χ3n) is 2.39. The smallest absolute Gasteiger partial charge is 0.287 e. The fourth-order valence-electron chi connectivity index (χ4n) is 1.57. The maximum atomic E-state index is 11.6. The lowest BCUT2D eigenvalue weighted by Crippen LogP contribution is -2.22. The largest absolute Gasteiger partial charge is 0.459 e. The number of nitrogens with zero attached hydrogens (tertiary/aromatic N) is 2. The van der Waals surface area contributed by atoms with E-state index in [2.05, 4.69) is 10.3 Å². The quantitative estimate of drug-likeness (QED) is 0.769. The van der Waals surface area contributed by atoms with Crippen LogP contribution in [0.1, 0.15) is 16.2 Å². The van der Waals surface area contributed by atoms with Crippen molar-refractivity contribution in [2.24, 2.45) is 0 Å². The molecule has 0 aliphatic carbocycles. The van der Waals surface area contributed by atoms with Gasteiger partial charge in [-0.1, -0.05) is 0 Å². The lowest BCUT2D eigenvalue weighted by molar-refractivity contribution is 0.0922. The maximum Gasteiger partial charge on any atom is 0.287 e. The van der Waals surface area contributed by atoms with Crippen LogP contribution in [0, 0.1) is 0 Å². The highest BCUT2D eigenvalue weighted by atomic mass is 32.1. The van der Waals surface area contributed by atoms with Crippen molar-refractivity contribution in [1.29, 1.82) is 0 Å². The van der Waals surface area contributed by atoms with E-state index in [0.29, 0.717) is 12.3 Å². The van der Waals surface area contributed by atoms with E-state index in [1.54, 1.807) is 29.7 Å².